The first-order chi connectivity index (χ1) is 15.1. The number of aliphatic hydroxyl groups excluding tert-OH is 1. The van der Waals surface area contributed by atoms with Crippen molar-refractivity contribution in [2.45, 2.75) is 32.0 Å². The second kappa shape index (κ2) is 8.04. The van der Waals surface area contributed by atoms with E-state index in [9.17, 15) is 9.90 Å². The molecule has 3 heterocycles. The maximum atomic E-state index is 13.0. The molecule has 31 heavy (non-hydrogen) atoms. The summed E-state index contributed by atoms with van der Waals surface area (Å²) in [5.41, 5.74) is 3.08. The number of carbonyl (C=O) groups excluding carboxylic acids is 1. The molecule has 1 aliphatic rings. The average molecular weight is 415 g/mol. The predicted octanol–water partition coefficient (Wildman–Crippen LogP) is 3.61. The van der Waals surface area contributed by atoms with Crippen molar-refractivity contribution >= 4 is 27.6 Å². The standard InChI is InChI=1S/C25H25N3O3/c1-16-21(20-4-2-3-5-22(20)27-16)13-25(30)28-11-9-24(23(29)15-28)31-19-7-6-17-8-10-26-14-18(17)12-19/h2-8,10,12,14,23-24,27,29H,9,11,13,15H2,1H3/t23-,24-/m1/s1. The van der Waals surface area contributed by atoms with E-state index in [-0.39, 0.29) is 18.6 Å². The second-order valence-corrected chi connectivity index (χ2v) is 8.19. The summed E-state index contributed by atoms with van der Waals surface area (Å²) in [6, 6.07) is 15.8. The second-order valence-electron chi connectivity index (χ2n) is 8.19. The number of piperidine rings is 1. The van der Waals surface area contributed by atoms with Gasteiger partial charge in [-0.3, -0.25) is 9.78 Å². The maximum Gasteiger partial charge on any atom is 0.227 e. The van der Waals surface area contributed by atoms with Crippen LogP contribution in [-0.4, -0.2) is 51.2 Å². The number of carbonyl (C=O) groups is 1. The van der Waals surface area contributed by atoms with Gasteiger partial charge < -0.3 is 19.7 Å². The monoisotopic (exact) mass is 415 g/mol. The SMILES string of the molecule is Cc1[nH]c2ccccc2c1CC(=O)N1CC[C@@H](Oc2ccc3ccncc3c2)[C@H](O)C1. The summed E-state index contributed by atoms with van der Waals surface area (Å²) >= 11 is 0. The Morgan fingerprint density at radius 3 is 2.97 bits per heavy atom. The summed E-state index contributed by atoms with van der Waals surface area (Å²) in [5, 5.41) is 13.8. The lowest BCUT2D eigenvalue weighted by Crippen LogP contribution is -2.51. The van der Waals surface area contributed by atoms with Gasteiger partial charge in [0.25, 0.3) is 0 Å². The molecule has 2 aromatic heterocycles. The van der Waals surface area contributed by atoms with Crippen LogP contribution < -0.4 is 4.74 Å². The molecule has 1 saturated heterocycles. The lowest BCUT2D eigenvalue weighted by molar-refractivity contribution is -0.136. The molecular formula is C25H25N3O3. The minimum absolute atomic E-state index is 0.0298. The van der Waals surface area contributed by atoms with Crippen LogP contribution in [0, 0.1) is 6.92 Å². The fraction of sp³-hybridized carbons (Fsp3) is 0.280. The molecule has 2 aromatic carbocycles. The highest BCUT2D eigenvalue weighted by atomic mass is 16.5. The van der Waals surface area contributed by atoms with Gasteiger partial charge in [0, 0.05) is 47.3 Å². The Morgan fingerprint density at radius 2 is 2.10 bits per heavy atom. The van der Waals surface area contributed by atoms with Crippen LogP contribution in [0.4, 0.5) is 0 Å². The molecule has 1 fully saturated rings. The number of nitrogens with zero attached hydrogens (tertiary/aromatic N) is 2. The van der Waals surface area contributed by atoms with Crippen LogP contribution in [0.5, 0.6) is 5.75 Å². The number of amides is 1. The zero-order valence-corrected chi connectivity index (χ0v) is 17.4. The molecule has 5 rings (SSSR count). The molecule has 158 valence electrons. The van der Waals surface area contributed by atoms with Crippen LogP contribution in [0.3, 0.4) is 0 Å². The highest BCUT2D eigenvalue weighted by molar-refractivity contribution is 5.90. The van der Waals surface area contributed by atoms with Gasteiger partial charge in [-0.15, -0.1) is 0 Å². The number of rotatable bonds is 4. The van der Waals surface area contributed by atoms with Gasteiger partial charge in [-0.25, -0.2) is 0 Å². The fourth-order valence-corrected chi connectivity index (χ4v) is 4.41. The number of hydrogen-bond donors (Lipinski definition) is 2. The summed E-state index contributed by atoms with van der Waals surface area (Å²) in [5.74, 6) is 0.737. The summed E-state index contributed by atoms with van der Waals surface area (Å²) in [7, 11) is 0. The van der Waals surface area contributed by atoms with E-state index in [2.05, 4.69) is 9.97 Å². The molecule has 0 saturated carbocycles. The van der Waals surface area contributed by atoms with E-state index in [1.165, 1.54) is 0 Å². The first-order valence-corrected chi connectivity index (χ1v) is 10.6. The summed E-state index contributed by atoms with van der Waals surface area (Å²) in [6.45, 7) is 2.84. The molecule has 1 amide bonds. The van der Waals surface area contributed by atoms with E-state index in [0.717, 1.165) is 32.9 Å². The molecule has 0 bridgehead atoms. The average Bonchev–Trinajstić information content (AvgIpc) is 3.10. The van der Waals surface area contributed by atoms with Gasteiger partial charge in [-0.05, 0) is 42.1 Å². The van der Waals surface area contributed by atoms with Crippen molar-refractivity contribution in [3.8, 4) is 5.75 Å². The number of H-pyrrole nitrogens is 1. The highest BCUT2D eigenvalue weighted by Crippen LogP contribution is 2.26. The lowest BCUT2D eigenvalue weighted by Gasteiger charge is -2.36. The van der Waals surface area contributed by atoms with E-state index < -0.39 is 6.10 Å². The van der Waals surface area contributed by atoms with Crippen molar-refractivity contribution in [3.63, 3.8) is 0 Å². The van der Waals surface area contributed by atoms with E-state index in [0.29, 0.717) is 25.1 Å². The van der Waals surface area contributed by atoms with Crippen molar-refractivity contribution in [2.75, 3.05) is 13.1 Å². The molecule has 6 heteroatoms. The number of aromatic nitrogens is 2. The van der Waals surface area contributed by atoms with Crippen LogP contribution in [0.25, 0.3) is 21.7 Å². The third kappa shape index (κ3) is 3.86. The minimum atomic E-state index is -0.730. The van der Waals surface area contributed by atoms with Crippen molar-refractivity contribution in [1.82, 2.24) is 14.9 Å². The number of fused-ring (bicyclic) bond motifs is 2. The Morgan fingerprint density at radius 1 is 1.23 bits per heavy atom. The van der Waals surface area contributed by atoms with E-state index in [1.54, 1.807) is 17.3 Å². The first-order valence-electron chi connectivity index (χ1n) is 10.6. The van der Waals surface area contributed by atoms with E-state index in [1.807, 2.05) is 55.5 Å². The van der Waals surface area contributed by atoms with Gasteiger partial charge in [0.1, 0.15) is 18.0 Å². The zero-order valence-electron chi connectivity index (χ0n) is 17.4. The summed E-state index contributed by atoms with van der Waals surface area (Å²) < 4.78 is 6.07. The molecule has 0 aliphatic carbocycles. The molecule has 2 N–H and O–H groups in total. The molecule has 0 unspecified atom stereocenters. The number of aryl methyl sites for hydroxylation is 1. The number of β-amino-alcohol motifs (C(OH)–C–C–N with tert-alkyl or cyclic N) is 1. The van der Waals surface area contributed by atoms with Crippen LogP contribution in [0.1, 0.15) is 17.7 Å². The molecule has 0 radical (unpaired) electrons. The number of para-hydroxylation sites is 1. The number of benzene rings is 2. The van der Waals surface area contributed by atoms with Crippen molar-refractivity contribution < 1.29 is 14.6 Å². The molecule has 2 atom stereocenters. The molecule has 6 nitrogen and oxygen atoms in total. The predicted molar refractivity (Wildman–Crippen MR) is 120 cm³/mol. The van der Waals surface area contributed by atoms with Crippen LogP contribution in [-0.2, 0) is 11.2 Å². The first kappa shape index (κ1) is 19.6. The number of nitrogens with one attached hydrogen (secondary N) is 1. The largest absolute Gasteiger partial charge is 0.488 e. The Hall–Kier alpha value is -3.38. The fourth-order valence-electron chi connectivity index (χ4n) is 4.41. The smallest absolute Gasteiger partial charge is 0.227 e. The molecule has 1 aliphatic heterocycles. The number of ether oxygens (including phenoxy) is 1. The Balaban J connectivity index is 1.24. The topological polar surface area (TPSA) is 78.5 Å². The number of aromatic amines is 1. The van der Waals surface area contributed by atoms with Crippen LogP contribution in [0.15, 0.2) is 60.9 Å². The van der Waals surface area contributed by atoms with Gasteiger partial charge in [0.05, 0.1) is 13.0 Å². The number of hydrogen-bond acceptors (Lipinski definition) is 4. The highest BCUT2D eigenvalue weighted by Gasteiger charge is 2.32. The normalized spacial score (nSPS) is 19.1. The quantitative estimate of drug-likeness (QED) is 0.534. The van der Waals surface area contributed by atoms with Crippen molar-refractivity contribution in [2.24, 2.45) is 0 Å². The van der Waals surface area contributed by atoms with Crippen LogP contribution >= 0.6 is 0 Å². The van der Waals surface area contributed by atoms with E-state index >= 15 is 0 Å². The number of aliphatic hydroxyl groups is 1. The third-order valence-corrected chi connectivity index (χ3v) is 6.13. The molecule has 4 aromatic rings. The lowest BCUT2D eigenvalue weighted by atomic mass is 10.0. The van der Waals surface area contributed by atoms with E-state index in [4.69, 9.17) is 4.74 Å². The summed E-state index contributed by atoms with van der Waals surface area (Å²) in [6.07, 6.45) is 3.40. The van der Waals surface area contributed by atoms with Gasteiger partial charge in [0.2, 0.25) is 5.91 Å². The Kier molecular flexibility index (Phi) is 5.08. The maximum absolute atomic E-state index is 13.0. The zero-order chi connectivity index (χ0) is 21.4. The summed E-state index contributed by atoms with van der Waals surface area (Å²) in [4.78, 5) is 22.2. The minimum Gasteiger partial charge on any atom is -0.488 e. The van der Waals surface area contributed by atoms with Crippen molar-refractivity contribution in [1.29, 1.82) is 0 Å². The van der Waals surface area contributed by atoms with Crippen molar-refractivity contribution in [3.05, 3.63) is 72.2 Å². The number of likely N-dealkylation sites (tertiary alicyclic amines) is 1. The third-order valence-electron chi connectivity index (χ3n) is 6.13. The number of pyridine rings is 1. The van der Waals surface area contributed by atoms with Gasteiger partial charge in [-0.1, -0.05) is 24.3 Å². The van der Waals surface area contributed by atoms with Gasteiger partial charge >= 0.3 is 0 Å². The molecule has 0 spiro atoms. The van der Waals surface area contributed by atoms with Crippen LogP contribution in [0.2, 0.25) is 0 Å². The van der Waals surface area contributed by atoms with Gasteiger partial charge in [0.15, 0.2) is 0 Å². The van der Waals surface area contributed by atoms with Gasteiger partial charge in [-0.2, -0.15) is 0 Å². The molecular weight excluding hydrogens is 390 g/mol. The Bertz CT molecular complexity index is 1250. The Labute approximate surface area is 180 Å².